The van der Waals surface area contributed by atoms with E-state index in [4.69, 9.17) is 0 Å². The summed E-state index contributed by atoms with van der Waals surface area (Å²) in [6.07, 6.45) is 4.87. The molecule has 1 aliphatic carbocycles. The molecular weight excluding hydrogens is 164 g/mol. The van der Waals surface area contributed by atoms with Gasteiger partial charge in [-0.1, -0.05) is 6.92 Å². The molecule has 2 heterocycles. The zero-order valence-electron chi connectivity index (χ0n) is 7.66. The van der Waals surface area contributed by atoms with Crippen molar-refractivity contribution in [3.8, 4) is 0 Å². The van der Waals surface area contributed by atoms with Gasteiger partial charge in [0.1, 0.15) is 5.69 Å². The average molecular weight is 176 g/mol. The van der Waals surface area contributed by atoms with E-state index in [1.54, 1.807) is 6.20 Å². The lowest BCUT2D eigenvalue weighted by molar-refractivity contribution is 0.0980. The Morgan fingerprint density at radius 2 is 2.38 bits per heavy atom. The number of hydrogen-bond donors (Lipinski definition) is 0. The lowest BCUT2D eigenvalue weighted by Gasteiger charge is -2.17. The van der Waals surface area contributed by atoms with Crippen molar-refractivity contribution in [3.63, 3.8) is 0 Å². The van der Waals surface area contributed by atoms with Crippen LogP contribution in [0.25, 0.3) is 0 Å². The van der Waals surface area contributed by atoms with Crippen LogP contribution in [0.3, 0.4) is 0 Å². The molecule has 3 heteroatoms. The number of Topliss-reactive ketones (excluding diaryl/α,β-unsaturated/α-hetero) is 1. The van der Waals surface area contributed by atoms with Crippen molar-refractivity contribution in [2.24, 2.45) is 5.41 Å². The molecule has 1 fully saturated rings. The largest absolute Gasteiger partial charge is 0.292 e. The maximum Gasteiger partial charge on any atom is 0.183 e. The monoisotopic (exact) mass is 176 g/mol. The average Bonchev–Trinajstić information content (AvgIpc) is 2.62. The normalized spacial score (nSPS) is 29.0. The van der Waals surface area contributed by atoms with Crippen LogP contribution in [0.2, 0.25) is 0 Å². The van der Waals surface area contributed by atoms with Crippen molar-refractivity contribution < 1.29 is 4.79 Å². The van der Waals surface area contributed by atoms with Gasteiger partial charge in [0.25, 0.3) is 0 Å². The Kier molecular flexibility index (Phi) is 1.14. The summed E-state index contributed by atoms with van der Waals surface area (Å²) in [4.78, 5) is 11.6. The van der Waals surface area contributed by atoms with E-state index in [1.165, 1.54) is 12.8 Å². The highest BCUT2D eigenvalue weighted by atomic mass is 16.1. The minimum absolute atomic E-state index is 0.260. The van der Waals surface area contributed by atoms with Gasteiger partial charge in [0.05, 0.1) is 6.04 Å². The van der Waals surface area contributed by atoms with E-state index in [0.717, 1.165) is 5.69 Å². The van der Waals surface area contributed by atoms with Crippen molar-refractivity contribution in [2.45, 2.75) is 32.2 Å². The molecule has 68 valence electrons. The molecule has 0 amide bonds. The molecule has 2 aliphatic rings. The minimum Gasteiger partial charge on any atom is -0.292 e. The number of rotatable bonds is 1. The van der Waals surface area contributed by atoms with Crippen LogP contribution in [-0.4, -0.2) is 15.6 Å². The number of carbonyl (C=O) groups is 1. The summed E-state index contributed by atoms with van der Waals surface area (Å²) >= 11 is 0. The fourth-order valence-electron chi connectivity index (χ4n) is 2.22. The zero-order chi connectivity index (χ0) is 9.05. The van der Waals surface area contributed by atoms with Gasteiger partial charge < -0.3 is 0 Å². The summed E-state index contributed by atoms with van der Waals surface area (Å²) in [6.45, 7) is 2.25. The van der Waals surface area contributed by atoms with Crippen molar-refractivity contribution in [3.05, 3.63) is 18.0 Å². The molecular formula is C10H12N2O. The SMILES string of the molecule is CC1(C2CC(=O)c3ccnn32)CC1. The van der Waals surface area contributed by atoms with Gasteiger partial charge in [-0.05, 0) is 24.3 Å². The number of fused-ring (bicyclic) bond motifs is 1. The van der Waals surface area contributed by atoms with Crippen LogP contribution in [-0.2, 0) is 0 Å². The molecule has 3 rings (SSSR count). The van der Waals surface area contributed by atoms with E-state index in [1.807, 2.05) is 10.7 Å². The molecule has 0 aromatic carbocycles. The fourth-order valence-corrected chi connectivity index (χ4v) is 2.22. The van der Waals surface area contributed by atoms with Gasteiger partial charge in [0, 0.05) is 12.6 Å². The molecule has 1 saturated carbocycles. The summed E-state index contributed by atoms with van der Waals surface area (Å²) < 4.78 is 1.93. The predicted molar refractivity (Wildman–Crippen MR) is 47.6 cm³/mol. The van der Waals surface area contributed by atoms with E-state index in [-0.39, 0.29) is 5.78 Å². The Balaban J connectivity index is 2.07. The van der Waals surface area contributed by atoms with Gasteiger partial charge in [-0.3, -0.25) is 9.48 Å². The molecule has 1 aromatic rings. The van der Waals surface area contributed by atoms with Crippen LogP contribution in [0.15, 0.2) is 12.3 Å². The summed E-state index contributed by atoms with van der Waals surface area (Å²) in [7, 11) is 0. The second-order valence-electron chi connectivity index (χ2n) is 4.46. The smallest absolute Gasteiger partial charge is 0.183 e. The van der Waals surface area contributed by atoms with Crippen LogP contribution in [0.4, 0.5) is 0 Å². The van der Waals surface area contributed by atoms with E-state index in [0.29, 0.717) is 17.9 Å². The molecule has 1 unspecified atom stereocenters. The minimum atomic E-state index is 0.260. The summed E-state index contributed by atoms with van der Waals surface area (Å²) in [5, 5.41) is 4.23. The van der Waals surface area contributed by atoms with Crippen molar-refractivity contribution in [1.29, 1.82) is 0 Å². The first-order valence-electron chi connectivity index (χ1n) is 4.77. The first-order valence-corrected chi connectivity index (χ1v) is 4.77. The number of hydrogen-bond acceptors (Lipinski definition) is 2. The second kappa shape index (κ2) is 2.03. The Bertz CT molecular complexity index is 376. The zero-order valence-corrected chi connectivity index (χ0v) is 7.66. The Morgan fingerprint density at radius 1 is 1.62 bits per heavy atom. The molecule has 0 radical (unpaired) electrons. The van der Waals surface area contributed by atoms with Crippen molar-refractivity contribution in [2.75, 3.05) is 0 Å². The molecule has 1 aromatic heterocycles. The second-order valence-corrected chi connectivity index (χ2v) is 4.46. The lowest BCUT2D eigenvalue weighted by atomic mass is 9.97. The third-order valence-corrected chi connectivity index (χ3v) is 3.47. The van der Waals surface area contributed by atoms with E-state index < -0.39 is 0 Å². The molecule has 0 saturated heterocycles. The Hall–Kier alpha value is -1.12. The maximum absolute atomic E-state index is 11.6. The van der Waals surface area contributed by atoms with Crippen molar-refractivity contribution >= 4 is 5.78 Å². The maximum atomic E-state index is 11.6. The van der Waals surface area contributed by atoms with Gasteiger partial charge in [0.2, 0.25) is 0 Å². The van der Waals surface area contributed by atoms with Gasteiger partial charge in [-0.25, -0.2) is 0 Å². The number of aromatic nitrogens is 2. The van der Waals surface area contributed by atoms with Crippen molar-refractivity contribution in [1.82, 2.24) is 9.78 Å². The highest BCUT2D eigenvalue weighted by molar-refractivity contribution is 5.96. The van der Waals surface area contributed by atoms with Crippen LogP contribution in [0, 0.1) is 5.41 Å². The van der Waals surface area contributed by atoms with Gasteiger partial charge >= 0.3 is 0 Å². The van der Waals surface area contributed by atoms with Gasteiger partial charge in [0.15, 0.2) is 5.78 Å². The molecule has 0 bridgehead atoms. The standard InChI is InChI=1S/C10H12N2O/c1-10(3-4-10)9-6-8(13)7-2-5-11-12(7)9/h2,5,9H,3-4,6H2,1H3. The van der Waals surface area contributed by atoms with Crippen LogP contribution < -0.4 is 0 Å². The highest BCUT2D eigenvalue weighted by Gasteiger charge is 2.50. The third kappa shape index (κ3) is 0.844. The van der Waals surface area contributed by atoms with Crippen LogP contribution in [0.1, 0.15) is 42.7 Å². The Morgan fingerprint density at radius 3 is 3.08 bits per heavy atom. The molecule has 13 heavy (non-hydrogen) atoms. The number of carbonyl (C=O) groups excluding carboxylic acids is 1. The van der Waals surface area contributed by atoms with Gasteiger partial charge in [-0.2, -0.15) is 5.10 Å². The topological polar surface area (TPSA) is 34.9 Å². The first kappa shape index (κ1) is 7.30. The molecule has 3 nitrogen and oxygen atoms in total. The molecule has 1 atom stereocenters. The molecule has 0 N–H and O–H groups in total. The van der Waals surface area contributed by atoms with Gasteiger partial charge in [-0.15, -0.1) is 0 Å². The molecule has 0 spiro atoms. The third-order valence-electron chi connectivity index (χ3n) is 3.47. The fraction of sp³-hybridized carbons (Fsp3) is 0.600. The summed E-state index contributed by atoms with van der Waals surface area (Å²) in [6, 6.07) is 2.17. The highest BCUT2D eigenvalue weighted by Crippen LogP contribution is 2.56. The number of nitrogens with zero attached hydrogens (tertiary/aromatic N) is 2. The first-order chi connectivity index (χ1) is 6.21. The van der Waals surface area contributed by atoms with E-state index >= 15 is 0 Å². The van der Waals surface area contributed by atoms with E-state index in [9.17, 15) is 4.79 Å². The summed E-state index contributed by atoms with van der Waals surface area (Å²) in [5.41, 5.74) is 1.16. The summed E-state index contributed by atoms with van der Waals surface area (Å²) in [5.74, 6) is 0.260. The van der Waals surface area contributed by atoms with Crippen LogP contribution in [0.5, 0.6) is 0 Å². The molecule has 1 aliphatic heterocycles. The number of ketones is 1. The van der Waals surface area contributed by atoms with Crippen LogP contribution >= 0.6 is 0 Å². The van der Waals surface area contributed by atoms with E-state index in [2.05, 4.69) is 12.0 Å². The Labute approximate surface area is 76.7 Å². The lowest BCUT2D eigenvalue weighted by Crippen LogP contribution is -2.15. The quantitative estimate of drug-likeness (QED) is 0.654. The predicted octanol–water partition coefficient (Wildman–Crippen LogP) is 1.81.